The summed E-state index contributed by atoms with van der Waals surface area (Å²) in [5.74, 6) is 0.0954. The second kappa shape index (κ2) is 5.21. The highest BCUT2D eigenvalue weighted by Gasteiger charge is 1.94. The number of aliphatic imine (C=N–C) groups is 1. The van der Waals surface area contributed by atoms with Crippen molar-refractivity contribution in [3.05, 3.63) is 30.1 Å². The molecule has 0 bridgehead atoms. The van der Waals surface area contributed by atoms with Crippen LogP contribution in [0.25, 0.3) is 0 Å². The van der Waals surface area contributed by atoms with Crippen LogP contribution < -0.4 is 11.1 Å². The number of rotatable bonds is 3. The van der Waals surface area contributed by atoms with Crippen LogP contribution in [0.1, 0.15) is 13.3 Å². The summed E-state index contributed by atoms with van der Waals surface area (Å²) in [5, 5.41) is 2.86. The molecule has 76 valence electrons. The molecule has 1 aromatic rings. The molecule has 3 N–H and O–H groups in total. The quantitative estimate of drug-likeness (QED) is 0.572. The third kappa shape index (κ3) is 3.43. The lowest BCUT2D eigenvalue weighted by Crippen LogP contribution is -2.22. The van der Waals surface area contributed by atoms with Gasteiger partial charge in [-0.1, -0.05) is 6.92 Å². The number of nitrogens with zero attached hydrogens (tertiary/aromatic N) is 1. The number of guanidine groups is 1. The Morgan fingerprint density at radius 3 is 2.64 bits per heavy atom. The molecule has 0 saturated carbocycles. The molecular formula is C10H14FN3. The van der Waals surface area contributed by atoms with Gasteiger partial charge in [-0.2, -0.15) is 0 Å². The molecule has 0 saturated heterocycles. The van der Waals surface area contributed by atoms with Gasteiger partial charge in [0.25, 0.3) is 0 Å². The summed E-state index contributed by atoms with van der Waals surface area (Å²) in [6.45, 7) is 2.72. The van der Waals surface area contributed by atoms with Gasteiger partial charge in [0.1, 0.15) is 5.82 Å². The third-order valence-corrected chi connectivity index (χ3v) is 1.62. The number of anilines is 1. The highest BCUT2D eigenvalue weighted by atomic mass is 19.1. The number of benzene rings is 1. The van der Waals surface area contributed by atoms with E-state index in [-0.39, 0.29) is 5.82 Å². The molecule has 1 rings (SSSR count). The van der Waals surface area contributed by atoms with E-state index in [0.29, 0.717) is 12.5 Å². The minimum absolute atomic E-state index is 0.264. The van der Waals surface area contributed by atoms with Crippen molar-refractivity contribution in [2.45, 2.75) is 13.3 Å². The highest BCUT2D eigenvalue weighted by molar-refractivity contribution is 5.92. The van der Waals surface area contributed by atoms with E-state index in [9.17, 15) is 4.39 Å². The number of hydrogen-bond donors (Lipinski definition) is 2. The van der Waals surface area contributed by atoms with E-state index in [4.69, 9.17) is 5.73 Å². The predicted octanol–water partition coefficient (Wildman–Crippen LogP) is 1.96. The zero-order valence-electron chi connectivity index (χ0n) is 8.13. The molecule has 4 heteroatoms. The van der Waals surface area contributed by atoms with Gasteiger partial charge in [-0.15, -0.1) is 0 Å². The van der Waals surface area contributed by atoms with Crippen LogP contribution >= 0.6 is 0 Å². The minimum Gasteiger partial charge on any atom is -0.370 e. The summed E-state index contributed by atoms with van der Waals surface area (Å²) >= 11 is 0. The number of halogens is 1. The van der Waals surface area contributed by atoms with E-state index >= 15 is 0 Å². The summed E-state index contributed by atoms with van der Waals surface area (Å²) in [7, 11) is 0. The fourth-order valence-corrected chi connectivity index (χ4v) is 0.953. The van der Waals surface area contributed by atoms with Crippen LogP contribution in [-0.2, 0) is 0 Å². The summed E-state index contributed by atoms with van der Waals surface area (Å²) < 4.78 is 12.5. The van der Waals surface area contributed by atoms with Crippen molar-refractivity contribution >= 4 is 11.6 Å². The van der Waals surface area contributed by atoms with E-state index in [1.54, 1.807) is 12.1 Å². The van der Waals surface area contributed by atoms with Gasteiger partial charge in [0, 0.05) is 12.2 Å². The van der Waals surface area contributed by atoms with Crippen LogP contribution in [-0.4, -0.2) is 12.5 Å². The highest BCUT2D eigenvalue weighted by Crippen LogP contribution is 2.07. The van der Waals surface area contributed by atoms with E-state index in [1.807, 2.05) is 6.92 Å². The molecule has 0 heterocycles. The average molecular weight is 195 g/mol. The third-order valence-electron chi connectivity index (χ3n) is 1.62. The summed E-state index contributed by atoms with van der Waals surface area (Å²) in [5.41, 5.74) is 6.31. The first kappa shape index (κ1) is 10.5. The Labute approximate surface area is 82.8 Å². The van der Waals surface area contributed by atoms with Gasteiger partial charge >= 0.3 is 0 Å². The Morgan fingerprint density at radius 2 is 2.07 bits per heavy atom. The molecule has 0 aromatic heterocycles. The lowest BCUT2D eigenvalue weighted by Gasteiger charge is -2.04. The zero-order chi connectivity index (χ0) is 10.4. The van der Waals surface area contributed by atoms with Gasteiger partial charge in [0.2, 0.25) is 0 Å². The fraction of sp³-hybridized carbons (Fsp3) is 0.300. The first-order valence-corrected chi connectivity index (χ1v) is 4.55. The number of hydrogen-bond acceptors (Lipinski definition) is 1. The topological polar surface area (TPSA) is 50.4 Å². The molecule has 3 nitrogen and oxygen atoms in total. The van der Waals surface area contributed by atoms with Crippen LogP contribution in [0.4, 0.5) is 10.1 Å². The van der Waals surface area contributed by atoms with Gasteiger partial charge in [-0.25, -0.2) is 4.39 Å². The Bertz CT molecular complexity index is 306. The minimum atomic E-state index is -0.264. The SMILES string of the molecule is CCCN=C(N)Nc1ccc(F)cc1. The summed E-state index contributed by atoms with van der Waals surface area (Å²) in [4.78, 5) is 4.05. The Balaban J connectivity index is 2.56. The second-order valence-electron chi connectivity index (χ2n) is 2.90. The monoisotopic (exact) mass is 195 g/mol. The van der Waals surface area contributed by atoms with E-state index in [0.717, 1.165) is 12.1 Å². The van der Waals surface area contributed by atoms with Crippen molar-refractivity contribution in [1.29, 1.82) is 0 Å². The number of nitrogens with one attached hydrogen (secondary N) is 1. The molecule has 0 fully saturated rings. The standard InChI is InChI=1S/C10H14FN3/c1-2-7-13-10(12)14-9-5-3-8(11)4-6-9/h3-6H,2,7H2,1H3,(H3,12,13,14). The molecular weight excluding hydrogens is 181 g/mol. The molecule has 0 aliphatic heterocycles. The van der Waals surface area contributed by atoms with Gasteiger partial charge in [0.05, 0.1) is 0 Å². The van der Waals surface area contributed by atoms with E-state index in [1.165, 1.54) is 12.1 Å². The van der Waals surface area contributed by atoms with Crippen molar-refractivity contribution in [2.24, 2.45) is 10.7 Å². The molecule has 0 radical (unpaired) electrons. The summed E-state index contributed by atoms with van der Waals surface area (Å²) in [6, 6.07) is 5.97. The normalized spacial score (nSPS) is 11.4. The maximum atomic E-state index is 12.5. The molecule has 0 aliphatic rings. The second-order valence-corrected chi connectivity index (χ2v) is 2.90. The van der Waals surface area contributed by atoms with Crippen LogP contribution in [0.2, 0.25) is 0 Å². The van der Waals surface area contributed by atoms with E-state index in [2.05, 4.69) is 10.3 Å². The zero-order valence-corrected chi connectivity index (χ0v) is 8.13. The first-order valence-electron chi connectivity index (χ1n) is 4.55. The maximum Gasteiger partial charge on any atom is 0.193 e. The van der Waals surface area contributed by atoms with Crippen LogP contribution in [0, 0.1) is 5.82 Å². The van der Waals surface area contributed by atoms with Gasteiger partial charge in [-0.05, 0) is 30.7 Å². The Hall–Kier alpha value is -1.58. The molecule has 1 aromatic carbocycles. The van der Waals surface area contributed by atoms with E-state index < -0.39 is 0 Å². The van der Waals surface area contributed by atoms with Crippen molar-refractivity contribution in [3.63, 3.8) is 0 Å². The molecule has 0 amide bonds. The van der Waals surface area contributed by atoms with Crippen molar-refractivity contribution in [1.82, 2.24) is 0 Å². The largest absolute Gasteiger partial charge is 0.370 e. The first-order chi connectivity index (χ1) is 6.72. The maximum absolute atomic E-state index is 12.5. The molecule has 0 spiro atoms. The predicted molar refractivity (Wildman–Crippen MR) is 56.8 cm³/mol. The Morgan fingerprint density at radius 1 is 1.43 bits per heavy atom. The average Bonchev–Trinajstić information content (AvgIpc) is 2.18. The fourth-order valence-electron chi connectivity index (χ4n) is 0.953. The summed E-state index contributed by atoms with van der Waals surface area (Å²) in [6.07, 6.45) is 0.950. The van der Waals surface area contributed by atoms with Crippen LogP contribution in [0.5, 0.6) is 0 Å². The lowest BCUT2D eigenvalue weighted by atomic mass is 10.3. The smallest absolute Gasteiger partial charge is 0.193 e. The van der Waals surface area contributed by atoms with Crippen LogP contribution in [0.3, 0.4) is 0 Å². The number of nitrogens with two attached hydrogens (primary N) is 1. The van der Waals surface area contributed by atoms with Crippen molar-refractivity contribution in [3.8, 4) is 0 Å². The van der Waals surface area contributed by atoms with Gasteiger partial charge < -0.3 is 11.1 Å². The van der Waals surface area contributed by atoms with Crippen LogP contribution in [0.15, 0.2) is 29.3 Å². The van der Waals surface area contributed by atoms with Crippen molar-refractivity contribution < 1.29 is 4.39 Å². The van der Waals surface area contributed by atoms with Gasteiger partial charge in [0.15, 0.2) is 5.96 Å². The molecule has 0 aliphatic carbocycles. The molecule has 14 heavy (non-hydrogen) atoms. The van der Waals surface area contributed by atoms with Crippen molar-refractivity contribution in [2.75, 3.05) is 11.9 Å². The van der Waals surface area contributed by atoms with Gasteiger partial charge in [-0.3, -0.25) is 4.99 Å². The lowest BCUT2D eigenvalue weighted by molar-refractivity contribution is 0.628. The molecule has 0 atom stereocenters. The Kier molecular flexibility index (Phi) is 3.91. The molecule has 0 unspecified atom stereocenters.